The Hall–Kier alpha value is -1.33. The van der Waals surface area contributed by atoms with Gasteiger partial charge in [-0.3, -0.25) is 4.79 Å². The monoisotopic (exact) mass is 254 g/mol. The largest absolute Gasteiger partial charge is 0.395 e. The molecule has 0 aliphatic rings. The number of aliphatic hydroxyl groups excluding tert-OH is 1. The van der Waals surface area contributed by atoms with Gasteiger partial charge in [-0.1, -0.05) is 6.92 Å². The number of rotatable bonds is 8. The standard InChI is InChI=1S/C13H22N2O3/c1-3-6-15(8-10-16)13(17)12-5-4-7-14(12)9-11-18-2/h4-5,7,16H,3,6,8-11H2,1-2H3. The van der Waals surface area contributed by atoms with Gasteiger partial charge in [-0.05, 0) is 18.6 Å². The van der Waals surface area contributed by atoms with E-state index in [1.807, 2.05) is 23.8 Å². The Labute approximate surface area is 108 Å². The molecule has 18 heavy (non-hydrogen) atoms. The lowest BCUT2D eigenvalue weighted by atomic mass is 10.3. The summed E-state index contributed by atoms with van der Waals surface area (Å²) in [6.07, 6.45) is 2.75. The molecule has 1 aromatic heterocycles. The lowest BCUT2D eigenvalue weighted by Crippen LogP contribution is -2.35. The highest BCUT2D eigenvalue weighted by molar-refractivity contribution is 5.92. The zero-order chi connectivity index (χ0) is 13.4. The summed E-state index contributed by atoms with van der Waals surface area (Å²) < 4.78 is 6.90. The molecular weight excluding hydrogens is 232 g/mol. The van der Waals surface area contributed by atoms with Gasteiger partial charge < -0.3 is 19.3 Å². The second kappa shape index (κ2) is 7.89. The van der Waals surface area contributed by atoms with Crippen LogP contribution in [0, 0.1) is 0 Å². The van der Waals surface area contributed by atoms with Gasteiger partial charge in [0.2, 0.25) is 0 Å². The molecule has 1 amide bonds. The lowest BCUT2D eigenvalue weighted by Gasteiger charge is -2.21. The number of carbonyl (C=O) groups excluding carboxylic acids is 1. The highest BCUT2D eigenvalue weighted by Crippen LogP contribution is 2.07. The Bertz CT molecular complexity index is 357. The normalized spacial score (nSPS) is 10.6. The van der Waals surface area contributed by atoms with Crippen molar-refractivity contribution >= 4 is 5.91 Å². The van der Waals surface area contributed by atoms with Crippen LogP contribution in [0.1, 0.15) is 23.8 Å². The van der Waals surface area contributed by atoms with Gasteiger partial charge in [0.25, 0.3) is 5.91 Å². The summed E-state index contributed by atoms with van der Waals surface area (Å²) in [6.45, 7) is 4.27. The van der Waals surface area contributed by atoms with E-state index in [0.717, 1.165) is 6.42 Å². The van der Waals surface area contributed by atoms with Crippen molar-refractivity contribution in [3.8, 4) is 0 Å². The summed E-state index contributed by atoms with van der Waals surface area (Å²) in [6, 6.07) is 3.66. The SMILES string of the molecule is CCCN(CCO)C(=O)c1cccn1CCOC. The van der Waals surface area contributed by atoms with Crippen LogP contribution in [0.25, 0.3) is 0 Å². The predicted octanol–water partition coefficient (Wildman–Crippen LogP) is 0.979. The molecule has 1 aromatic rings. The molecule has 0 bridgehead atoms. The number of carbonyl (C=O) groups is 1. The summed E-state index contributed by atoms with van der Waals surface area (Å²) in [5, 5.41) is 9.00. The van der Waals surface area contributed by atoms with Gasteiger partial charge in [0.15, 0.2) is 0 Å². The van der Waals surface area contributed by atoms with Crippen LogP contribution in [0.15, 0.2) is 18.3 Å². The van der Waals surface area contributed by atoms with Crippen LogP contribution in [0.2, 0.25) is 0 Å². The Kier molecular flexibility index (Phi) is 6.46. The number of aliphatic hydroxyl groups is 1. The summed E-state index contributed by atoms with van der Waals surface area (Å²) in [4.78, 5) is 14.0. The van der Waals surface area contributed by atoms with E-state index in [9.17, 15) is 4.79 Å². The molecule has 1 N–H and O–H groups in total. The van der Waals surface area contributed by atoms with Crippen LogP contribution in [0.3, 0.4) is 0 Å². The molecule has 0 unspecified atom stereocenters. The Balaban J connectivity index is 2.77. The van der Waals surface area contributed by atoms with Gasteiger partial charge in [0.1, 0.15) is 5.69 Å². The molecular formula is C13H22N2O3. The minimum Gasteiger partial charge on any atom is -0.395 e. The van der Waals surface area contributed by atoms with Gasteiger partial charge in [-0.25, -0.2) is 0 Å². The molecule has 0 fully saturated rings. The molecule has 1 heterocycles. The molecule has 102 valence electrons. The molecule has 0 saturated carbocycles. The second-order valence-corrected chi connectivity index (χ2v) is 4.10. The van der Waals surface area contributed by atoms with Crippen LogP contribution in [-0.4, -0.2) is 53.9 Å². The maximum atomic E-state index is 12.3. The van der Waals surface area contributed by atoms with Gasteiger partial charge in [0.05, 0.1) is 13.2 Å². The van der Waals surface area contributed by atoms with Crippen LogP contribution in [0.4, 0.5) is 0 Å². The molecule has 0 saturated heterocycles. The molecule has 1 rings (SSSR count). The summed E-state index contributed by atoms with van der Waals surface area (Å²) in [5.74, 6) is -0.0352. The molecule has 0 radical (unpaired) electrons. The molecule has 5 heteroatoms. The zero-order valence-corrected chi connectivity index (χ0v) is 11.1. The number of aromatic nitrogens is 1. The van der Waals surface area contributed by atoms with E-state index in [1.165, 1.54) is 0 Å². The number of amides is 1. The topological polar surface area (TPSA) is 54.7 Å². The van der Waals surface area contributed by atoms with E-state index in [-0.39, 0.29) is 12.5 Å². The van der Waals surface area contributed by atoms with Crippen LogP contribution in [0.5, 0.6) is 0 Å². The number of hydrogen-bond acceptors (Lipinski definition) is 3. The van der Waals surface area contributed by atoms with Crippen LogP contribution >= 0.6 is 0 Å². The lowest BCUT2D eigenvalue weighted by molar-refractivity contribution is 0.0708. The fourth-order valence-corrected chi connectivity index (χ4v) is 1.86. The molecule has 0 aliphatic carbocycles. The first-order valence-electron chi connectivity index (χ1n) is 6.28. The van der Waals surface area contributed by atoms with E-state index < -0.39 is 0 Å². The maximum absolute atomic E-state index is 12.3. The maximum Gasteiger partial charge on any atom is 0.270 e. The number of methoxy groups -OCH3 is 1. The van der Waals surface area contributed by atoms with Crippen molar-refractivity contribution in [2.45, 2.75) is 19.9 Å². The minimum atomic E-state index is -0.0352. The van der Waals surface area contributed by atoms with Gasteiger partial charge in [-0.2, -0.15) is 0 Å². The first-order chi connectivity index (χ1) is 8.74. The second-order valence-electron chi connectivity index (χ2n) is 4.10. The van der Waals surface area contributed by atoms with Crippen molar-refractivity contribution in [2.75, 3.05) is 33.4 Å². The van der Waals surface area contributed by atoms with Crippen LogP contribution in [-0.2, 0) is 11.3 Å². The average Bonchev–Trinajstić information content (AvgIpc) is 2.83. The first-order valence-corrected chi connectivity index (χ1v) is 6.28. The number of hydrogen-bond donors (Lipinski definition) is 1. The summed E-state index contributed by atoms with van der Waals surface area (Å²) >= 11 is 0. The quantitative estimate of drug-likeness (QED) is 0.752. The highest BCUT2D eigenvalue weighted by Gasteiger charge is 2.17. The Morgan fingerprint density at radius 2 is 2.28 bits per heavy atom. The molecule has 0 aromatic carbocycles. The zero-order valence-electron chi connectivity index (χ0n) is 11.1. The molecule has 5 nitrogen and oxygen atoms in total. The highest BCUT2D eigenvalue weighted by atomic mass is 16.5. The van der Waals surface area contributed by atoms with E-state index in [1.54, 1.807) is 18.1 Å². The van der Waals surface area contributed by atoms with Gasteiger partial charge in [-0.15, -0.1) is 0 Å². The van der Waals surface area contributed by atoms with Crippen molar-refractivity contribution in [2.24, 2.45) is 0 Å². The van der Waals surface area contributed by atoms with E-state index >= 15 is 0 Å². The van der Waals surface area contributed by atoms with Crippen molar-refractivity contribution < 1.29 is 14.6 Å². The van der Waals surface area contributed by atoms with Crippen molar-refractivity contribution in [1.82, 2.24) is 9.47 Å². The van der Waals surface area contributed by atoms with Crippen molar-refractivity contribution in [1.29, 1.82) is 0 Å². The smallest absolute Gasteiger partial charge is 0.270 e. The number of ether oxygens (including phenoxy) is 1. The summed E-state index contributed by atoms with van der Waals surface area (Å²) in [5.41, 5.74) is 0.647. The Morgan fingerprint density at radius 1 is 1.50 bits per heavy atom. The Morgan fingerprint density at radius 3 is 2.89 bits per heavy atom. The minimum absolute atomic E-state index is 0.00941. The third kappa shape index (κ3) is 3.85. The van der Waals surface area contributed by atoms with Crippen molar-refractivity contribution in [3.05, 3.63) is 24.0 Å². The first kappa shape index (κ1) is 14.7. The van der Waals surface area contributed by atoms with E-state index in [4.69, 9.17) is 9.84 Å². The third-order valence-electron chi connectivity index (χ3n) is 2.74. The third-order valence-corrected chi connectivity index (χ3v) is 2.74. The van der Waals surface area contributed by atoms with Crippen molar-refractivity contribution in [3.63, 3.8) is 0 Å². The van der Waals surface area contributed by atoms with E-state index in [0.29, 0.717) is 31.9 Å². The van der Waals surface area contributed by atoms with Crippen LogP contribution < -0.4 is 0 Å². The molecule has 0 spiro atoms. The number of nitrogens with zero attached hydrogens (tertiary/aromatic N) is 2. The van der Waals surface area contributed by atoms with E-state index in [2.05, 4.69) is 0 Å². The molecule has 0 atom stereocenters. The van der Waals surface area contributed by atoms with Gasteiger partial charge >= 0.3 is 0 Å². The molecule has 0 aliphatic heterocycles. The predicted molar refractivity (Wildman–Crippen MR) is 69.6 cm³/mol. The summed E-state index contributed by atoms with van der Waals surface area (Å²) in [7, 11) is 1.64. The fraction of sp³-hybridized carbons (Fsp3) is 0.615. The van der Waals surface area contributed by atoms with Gasteiger partial charge in [0, 0.05) is 32.9 Å². The average molecular weight is 254 g/mol. The fourth-order valence-electron chi connectivity index (χ4n) is 1.86.